The molecule has 0 aliphatic carbocycles. The monoisotopic (exact) mass is 370 g/mol. The zero-order valence-corrected chi connectivity index (χ0v) is 16.4. The van der Waals surface area contributed by atoms with E-state index in [1.54, 1.807) is 26.3 Å². The first-order valence-corrected chi connectivity index (χ1v) is 9.28. The molecule has 0 saturated heterocycles. The van der Waals surface area contributed by atoms with Crippen LogP contribution < -0.4 is 20.3 Å². The Balaban J connectivity index is 1.77. The largest absolute Gasteiger partial charge is 0.508 e. The van der Waals surface area contributed by atoms with E-state index in [0.717, 1.165) is 31.6 Å². The number of methoxy groups -OCH3 is 1. The zero-order valence-electron chi connectivity index (χ0n) is 16.4. The highest BCUT2D eigenvalue weighted by Crippen LogP contribution is 2.22. The van der Waals surface area contributed by atoms with Gasteiger partial charge in [0, 0.05) is 44.5 Å². The second kappa shape index (κ2) is 11.0. The molecule has 2 rings (SSSR count). The lowest BCUT2D eigenvalue weighted by atomic mass is 10.2. The Hall–Kier alpha value is -2.89. The molecule has 2 aromatic rings. The first kappa shape index (κ1) is 20.4. The number of rotatable bonds is 9. The third kappa shape index (κ3) is 6.40. The van der Waals surface area contributed by atoms with Crippen molar-refractivity contribution in [2.24, 2.45) is 4.99 Å². The van der Waals surface area contributed by atoms with Gasteiger partial charge >= 0.3 is 0 Å². The van der Waals surface area contributed by atoms with Crippen LogP contribution in [0.25, 0.3) is 0 Å². The van der Waals surface area contributed by atoms with E-state index in [2.05, 4.69) is 51.7 Å². The molecule has 0 fully saturated rings. The summed E-state index contributed by atoms with van der Waals surface area (Å²) >= 11 is 0. The fourth-order valence-corrected chi connectivity index (χ4v) is 2.82. The SMILES string of the molecule is CCN(CCCNC(=NC)NCc1cc(OC)ccc1O)c1ccccc1. The molecule has 6 heteroatoms. The maximum atomic E-state index is 9.97. The van der Waals surface area contributed by atoms with E-state index >= 15 is 0 Å². The molecule has 0 amide bonds. The van der Waals surface area contributed by atoms with Crippen LogP contribution in [0.1, 0.15) is 18.9 Å². The van der Waals surface area contributed by atoms with Gasteiger partial charge in [-0.1, -0.05) is 18.2 Å². The number of ether oxygens (including phenoxy) is 1. The molecule has 0 atom stereocenters. The molecule has 3 N–H and O–H groups in total. The van der Waals surface area contributed by atoms with Crippen LogP contribution in [0.2, 0.25) is 0 Å². The van der Waals surface area contributed by atoms with Gasteiger partial charge < -0.3 is 25.4 Å². The first-order valence-electron chi connectivity index (χ1n) is 9.28. The maximum Gasteiger partial charge on any atom is 0.191 e. The predicted molar refractivity (Wildman–Crippen MR) is 112 cm³/mol. The number of para-hydroxylation sites is 1. The quantitative estimate of drug-likeness (QED) is 0.360. The molecule has 0 bridgehead atoms. The van der Waals surface area contributed by atoms with Crippen molar-refractivity contribution in [3.8, 4) is 11.5 Å². The van der Waals surface area contributed by atoms with Crippen LogP contribution in [0.5, 0.6) is 11.5 Å². The van der Waals surface area contributed by atoms with Gasteiger partial charge in [-0.3, -0.25) is 4.99 Å². The number of aromatic hydroxyl groups is 1. The van der Waals surface area contributed by atoms with E-state index in [4.69, 9.17) is 4.74 Å². The molecule has 2 aromatic carbocycles. The van der Waals surface area contributed by atoms with Crippen molar-refractivity contribution in [3.05, 3.63) is 54.1 Å². The Labute approximate surface area is 161 Å². The van der Waals surface area contributed by atoms with Crippen LogP contribution in [0.15, 0.2) is 53.5 Å². The number of hydrogen-bond acceptors (Lipinski definition) is 4. The second-order valence-corrected chi connectivity index (χ2v) is 6.12. The molecule has 6 nitrogen and oxygen atoms in total. The topological polar surface area (TPSA) is 69.1 Å². The minimum absolute atomic E-state index is 0.236. The van der Waals surface area contributed by atoms with Gasteiger partial charge in [-0.2, -0.15) is 0 Å². The number of anilines is 1. The normalized spacial score (nSPS) is 11.1. The molecule has 0 radical (unpaired) electrons. The minimum Gasteiger partial charge on any atom is -0.508 e. The number of phenols is 1. The summed E-state index contributed by atoms with van der Waals surface area (Å²) in [6.45, 7) is 5.40. The van der Waals surface area contributed by atoms with Gasteiger partial charge in [0.1, 0.15) is 11.5 Å². The summed E-state index contributed by atoms with van der Waals surface area (Å²) in [6, 6.07) is 15.6. The smallest absolute Gasteiger partial charge is 0.191 e. The molecule has 0 aliphatic rings. The Morgan fingerprint density at radius 1 is 1.15 bits per heavy atom. The van der Waals surface area contributed by atoms with E-state index in [1.165, 1.54) is 5.69 Å². The number of phenolic OH excluding ortho intramolecular Hbond substituents is 1. The Morgan fingerprint density at radius 3 is 2.59 bits per heavy atom. The number of nitrogens with one attached hydrogen (secondary N) is 2. The molecule has 0 heterocycles. The van der Waals surface area contributed by atoms with Crippen LogP contribution in [-0.2, 0) is 6.54 Å². The van der Waals surface area contributed by atoms with Crippen molar-refractivity contribution in [1.82, 2.24) is 10.6 Å². The molecule has 0 saturated carbocycles. The van der Waals surface area contributed by atoms with Crippen LogP contribution in [0, 0.1) is 0 Å². The minimum atomic E-state index is 0.236. The zero-order chi connectivity index (χ0) is 19.5. The number of nitrogens with zero attached hydrogens (tertiary/aromatic N) is 2. The Kier molecular flexibility index (Phi) is 8.29. The number of guanidine groups is 1. The number of aliphatic imine (C=N–C) groups is 1. The third-order valence-electron chi connectivity index (χ3n) is 4.36. The van der Waals surface area contributed by atoms with Gasteiger partial charge in [-0.05, 0) is 43.7 Å². The lowest BCUT2D eigenvalue weighted by Gasteiger charge is -2.23. The molecule has 27 heavy (non-hydrogen) atoms. The van der Waals surface area contributed by atoms with E-state index in [9.17, 15) is 5.11 Å². The van der Waals surface area contributed by atoms with Gasteiger partial charge in [0.15, 0.2) is 5.96 Å². The third-order valence-corrected chi connectivity index (χ3v) is 4.36. The summed E-state index contributed by atoms with van der Waals surface area (Å²) in [6.07, 6.45) is 0.994. The molecule has 0 aromatic heterocycles. The molecule has 146 valence electrons. The summed E-state index contributed by atoms with van der Waals surface area (Å²) in [5.74, 6) is 1.66. The van der Waals surface area contributed by atoms with Crippen molar-refractivity contribution >= 4 is 11.6 Å². The second-order valence-electron chi connectivity index (χ2n) is 6.12. The van der Waals surface area contributed by atoms with Gasteiger partial charge in [0.25, 0.3) is 0 Å². The van der Waals surface area contributed by atoms with E-state index < -0.39 is 0 Å². The standard InChI is InChI=1S/C21H30N4O2/c1-4-25(18-9-6-5-7-10-18)14-8-13-23-21(22-2)24-16-17-15-19(27-3)11-12-20(17)26/h5-7,9-12,15,26H,4,8,13-14,16H2,1-3H3,(H2,22,23,24). The lowest BCUT2D eigenvalue weighted by Crippen LogP contribution is -2.38. The van der Waals surface area contributed by atoms with E-state index in [-0.39, 0.29) is 5.75 Å². The van der Waals surface area contributed by atoms with Crippen molar-refractivity contribution in [2.45, 2.75) is 19.9 Å². The summed E-state index contributed by atoms with van der Waals surface area (Å²) in [7, 11) is 3.35. The highest BCUT2D eigenvalue weighted by molar-refractivity contribution is 5.79. The van der Waals surface area contributed by atoms with Gasteiger partial charge in [-0.25, -0.2) is 0 Å². The fourth-order valence-electron chi connectivity index (χ4n) is 2.82. The van der Waals surface area contributed by atoms with Crippen LogP contribution in [-0.4, -0.2) is 44.9 Å². The van der Waals surface area contributed by atoms with Crippen LogP contribution in [0.3, 0.4) is 0 Å². The number of benzene rings is 2. The summed E-state index contributed by atoms with van der Waals surface area (Å²) in [5, 5.41) is 16.5. The maximum absolute atomic E-state index is 9.97. The average Bonchev–Trinajstić information content (AvgIpc) is 2.72. The van der Waals surface area contributed by atoms with Gasteiger partial charge in [0.05, 0.1) is 7.11 Å². The van der Waals surface area contributed by atoms with Crippen molar-refractivity contribution in [2.75, 3.05) is 38.7 Å². The molecular formula is C21H30N4O2. The predicted octanol–water partition coefficient (Wildman–Crippen LogP) is 2.98. The average molecular weight is 370 g/mol. The fraction of sp³-hybridized carbons (Fsp3) is 0.381. The summed E-state index contributed by atoms with van der Waals surface area (Å²) in [4.78, 5) is 6.59. The van der Waals surface area contributed by atoms with Crippen molar-refractivity contribution in [1.29, 1.82) is 0 Å². The molecule has 0 aliphatic heterocycles. The van der Waals surface area contributed by atoms with E-state index in [0.29, 0.717) is 18.3 Å². The lowest BCUT2D eigenvalue weighted by molar-refractivity contribution is 0.410. The number of hydrogen-bond donors (Lipinski definition) is 3. The van der Waals surface area contributed by atoms with E-state index in [1.807, 2.05) is 12.1 Å². The van der Waals surface area contributed by atoms with Gasteiger partial charge in [-0.15, -0.1) is 0 Å². The van der Waals surface area contributed by atoms with Gasteiger partial charge in [0.2, 0.25) is 0 Å². The first-order chi connectivity index (χ1) is 13.2. The highest BCUT2D eigenvalue weighted by Gasteiger charge is 2.06. The van der Waals surface area contributed by atoms with Crippen molar-refractivity contribution < 1.29 is 9.84 Å². The Bertz CT molecular complexity index is 719. The molecule has 0 unspecified atom stereocenters. The Morgan fingerprint density at radius 2 is 1.93 bits per heavy atom. The molecular weight excluding hydrogens is 340 g/mol. The summed E-state index contributed by atoms with van der Waals surface area (Å²) < 4.78 is 5.20. The summed E-state index contributed by atoms with van der Waals surface area (Å²) in [5.41, 5.74) is 2.01. The molecule has 0 spiro atoms. The van der Waals surface area contributed by atoms with Crippen LogP contribution >= 0.6 is 0 Å². The van der Waals surface area contributed by atoms with Crippen molar-refractivity contribution in [3.63, 3.8) is 0 Å². The van der Waals surface area contributed by atoms with Crippen LogP contribution in [0.4, 0.5) is 5.69 Å². The highest BCUT2D eigenvalue weighted by atomic mass is 16.5.